The molecule has 2 nitrogen and oxygen atoms in total. The Labute approximate surface area is 162 Å². The number of benzene rings is 3. The predicted octanol–water partition coefficient (Wildman–Crippen LogP) is 5.67. The summed E-state index contributed by atoms with van der Waals surface area (Å²) in [7, 11) is 0. The maximum atomic E-state index is 13.6. The molecule has 0 aliphatic rings. The monoisotopic (exact) mass is 395 g/mol. The molecule has 140 valence electrons. The Hall–Kier alpha value is -4.15. The molecule has 0 saturated carbocycles. The Bertz CT molecular complexity index is 1220. The highest BCUT2D eigenvalue weighted by atomic mass is 19.2. The van der Waals surface area contributed by atoms with Crippen molar-refractivity contribution < 1.29 is 22.0 Å². The lowest BCUT2D eigenvalue weighted by molar-refractivity contribution is 0.376. The molecular weight excluding hydrogens is 387 g/mol. The minimum Gasteiger partial charge on any atom is -0.202 e. The average molecular weight is 395 g/mol. The quantitative estimate of drug-likeness (QED) is 0.159. The summed E-state index contributed by atoms with van der Waals surface area (Å²) in [5.41, 5.74) is 0.805. The van der Waals surface area contributed by atoms with Gasteiger partial charge in [-0.25, -0.2) is 22.0 Å². The van der Waals surface area contributed by atoms with Crippen LogP contribution in [0.1, 0.15) is 22.3 Å². The lowest BCUT2D eigenvalue weighted by atomic mass is 10.1. The molecule has 0 radical (unpaired) electrons. The van der Waals surface area contributed by atoms with Crippen LogP contribution in [0.5, 0.6) is 0 Å². The zero-order valence-electron chi connectivity index (χ0n) is 14.4. The fourth-order valence-electron chi connectivity index (χ4n) is 2.24. The summed E-state index contributed by atoms with van der Waals surface area (Å²) >= 11 is 0. The first-order chi connectivity index (χ1) is 13.9. The maximum absolute atomic E-state index is 13.6. The number of nitrogens with zero attached hydrogens (tertiary/aromatic N) is 2. The van der Waals surface area contributed by atoms with E-state index in [1.54, 1.807) is 36.4 Å². The minimum atomic E-state index is -2.23. The molecule has 0 aliphatic carbocycles. The van der Waals surface area contributed by atoms with Crippen molar-refractivity contribution in [3.63, 3.8) is 0 Å². The van der Waals surface area contributed by atoms with E-state index in [2.05, 4.69) is 22.7 Å². The van der Waals surface area contributed by atoms with Crippen molar-refractivity contribution in [2.45, 2.75) is 0 Å². The van der Waals surface area contributed by atoms with Crippen LogP contribution >= 0.6 is 0 Å². The number of halogens is 5. The van der Waals surface area contributed by atoms with E-state index in [1.807, 2.05) is 5.92 Å². The Morgan fingerprint density at radius 3 is 1.28 bits per heavy atom. The summed E-state index contributed by atoms with van der Waals surface area (Å²) < 4.78 is 66.6. The van der Waals surface area contributed by atoms with Gasteiger partial charge in [-0.3, -0.25) is 0 Å². The van der Waals surface area contributed by atoms with Crippen LogP contribution in [0.3, 0.4) is 0 Å². The molecule has 3 rings (SSSR count). The number of hydrogen-bond donors (Lipinski definition) is 0. The molecule has 0 N–H and O–H groups in total. The van der Waals surface area contributed by atoms with Crippen molar-refractivity contribution >= 4 is 5.69 Å². The van der Waals surface area contributed by atoms with Gasteiger partial charge in [0.2, 0.25) is 11.2 Å². The molecule has 7 heteroatoms. The van der Waals surface area contributed by atoms with Gasteiger partial charge in [-0.15, -0.1) is 0 Å². The van der Waals surface area contributed by atoms with E-state index < -0.39 is 34.6 Å². The van der Waals surface area contributed by atoms with Gasteiger partial charge in [0.15, 0.2) is 28.2 Å². The predicted molar refractivity (Wildman–Crippen MR) is 95.8 cm³/mol. The lowest BCUT2D eigenvalue weighted by Crippen LogP contribution is -2.04. The van der Waals surface area contributed by atoms with E-state index in [0.717, 1.165) is 0 Å². The molecule has 0 atom stereocenters. The van der Waals surface area contributed by atoms with Gasteiger partial charge in [0, 0.05) is 28.8 Å². The van der Waals surface area contributed by atoms with Crippen molar-refractivity contribution in [3.8, 4) is 23.7 Å². The molecule has 3 aromatic rings. The molecule has 29 heavy (non-hydrogen) atoms. The third-order valence-electron chi connectivity index (χ3n) is 3.76. The fraction of sp³-hybridized carbons (Fsp3) is 0. The molecule has 0 spiro atoms. The second-order valence-electron chi connectivity index (χ2n) is 5.67. The van der Waals surface area contributed by atoms with Crippen LogP contribution in [0.25, 0.3) is 4.98 Å². The SMILES string of the molecule is N#[N+]c1ccc(C#Cc2ccc(C#Cc3c(F)c(F)c(F)c(F)c3F)cc2)cc1. The minimum absolute atomic E-state index is 0.299. The molecule has 0 saturated heterocycles. The number of hydrogen-bond acceptors (Lipinski definition) is 1. The van der Waals surface area contributed by atoms with E-state index in [0.29, 0.717) is 22.4 Å². The number of diazo groups is 1. The molecule has 0 aliphatic heterocycles. The summed E-state index contributed by atoms with van der Waals surface area (Å²) in [5.74, 6) is -0.137. The van der Waals surface area contributed by atoms with Crippen LogP contribution < -0.4 is 0 Å². The van der Waals surface area contributed by atoms with Gasteiger partial charge in [-0.05, 0) is 36.4 Å². The Morgan fingerprint density at radius 2 is 0.862 bits per heavy atom. The first kappa shape index (κ1) is 19.6. The van der Waals surface area contributed by atoms with Gasteiger partial charge in [0.05, 0.1) is 0 Å². The summed E-state index contributed by atoms with van der Waals surface area (Å²) in [6.45, 7) is 0. The molecule has 0 aromatic heterocycles. The average Bonchev–Trinajstić information content (AvgIpc) is 2.76. The third kappa shape index (κ3) is 4.24. The summed E-state index contributed by atoms with van der Waals surface area (Å²) in [5, 5.41) is 8.63. The first-order valence-electron chi connectivity index (χ1n) is 8.01. The lowest BCUT2D eigenvalue weighted by Gasteiger charge is -2.02. The molecular formula is C22H8F5N2+. The van der Waals surface area contributed by atoms with E-state index in [4.69, 9.17) is 5.39 Å². The van der Waals surface area contributed by atoms with Crippen molar-refractivity contribution in [3.05, 3.63) is 105 Å². The molecule has 3 aromatic carbocycles. The smallest absolute Gasteiger partial charge is 0.202 e. The summed E-state index contributed by atoms with van der Waals surface area (Å²) in [6.07, 6.45) is 0. The molecule has 0 amide bonds. The Morgan fingerprint density at radius 1 is 0.517 bits per heavy atom. The van der Waals surface area contributed by atoms with Gasteiger partial charge < -0.3 is 0 Å². The van der Waals surface area contributed by atoms with Crippen molar-refractivity contribution in [1.29, 1.82) is 5.39 Å². The van der Waals surface area contributed by atoms with Crippen molar-refractivity contribution in [1.82, 2.24) is 0 Å². The van der Waals surface area contributed by atoms with E-state index in [-0.39, 0.29) is 0 Å². The van der Waals surface area contributed by atoms with Crippen LogP contribution in [0, 0.1) is 58.2 Å². The highest BCUT2D eigenvalue weighted by Crippen LogP contribution is 2.22. The zero-order chi connectivity index (χ0) is 21.0. The van der Waals surface area contributed by atoms with Crippen LogP contribution in [0.15, 0.2) is 48.5 Å². The largest absolute Gasteiger partial charge is 0.385 e. The Balaban J connectivity index is 1.83. The summed E-state index contributed by atoms with van der Waals surface area (Å²) in [6, 6.07) is 12.7. The highest BCUT2D eigenvalue weighted by molar-refractivity contribution is 5.51. The number of rotatable bonds is 0. The maximum Gasteiger partial charge on any atom is 0.385 e. The molecule has 0 bridgehead atoms. The van der Waals surface area contributed by atoms with E-state index in [9.17, 15) is 22.0 Å². The first-order valence-corrected chi connectivity index (χ1v) is 8.01. The second kappa shape index (κ2) is 8.25. The fourth-order valence-corrected chi connectivity index (χ4v) is 2.24. The highest BCUT2D eigenvalue weighted by Gasteiger charge is 2.24. The van der Waals surface area contributed by atoms with Crippen molar-refractivity contribution in [2.24, 2.45) is 0 Å². The van der Waals surface area contributed by atoms with E-state index in [1.165, 1.54) is 12.1 Å². The normalized spacial score (nSPS) is 9.66. The standard InChI is InChI=1S/C22H8F5N2/c23-18-17(19(24)21(26)22(27)20(18)25)12-9-14-4-1-13(2-5-14)3-6-15-7-10-16(29-28)11-8-15/h1-2,4-5,7-8,10-11H/q+1. The van der Waals surface area contributed by atoms with Crippen LogP contribution in [0.2, 0.25) is 0 Å². The summed E-state index contributed by atoms with van der Waals surface area (Å²) in [4.78, 5) is 3.04. The van der Waals surface area contributed by atoms with Crippen LogP contribution in [-0.2, 0) is 0 Å². The van der Waals surface area contributed by atoms with Crippen molar-refractivity contribution in [2.75, 3.05) is 0 Å². The van der Waals surface area contributed by atoms with Gasteiger partial charge in [0.25, 0.3) is 0 Å². The Kier molecular flexibility index (Phi) is 5.58. The second-order valence-corrected chi connectivity index (χ2v) is 5.67. The zero-order valence-corrected chi connectivity index (χ0v) is 14.4. The molecule has 0 unspecified atom stereocenters. The molecule has 0 heterocycles. The third-order valence-corrected chi connectivity index (χ3v) is 3.76. The van der Waals surface area contributed by atoms with Gasteiger partial charge in [-0.1, -0.05) is 23.7 Å². The van der Waals surface area contributed by atoms with Gasteiger partial charge in [0.1, 0.15) is 5.56 Å². The van der Waals surface area contributed by atoms with Gasteiger partial charge >= 0.3 is 5.69 Å². The topological polar surface area (TPSA) is 28.1 Å². The van der Waals surface area contributed by atoms with Gasteiger partial charge in [-0.2, -0.15) is 0 Å². The van der Waals surface area contributed by atoms with E-state index >= 15 is 0 Å². The molecule has 0 fully saturated rings. The van der Waals surface area contributed by atoms with Crippen LogP contribution in [-0.4, -0.2) is 0 Å². The van der Waals surface area contributed by atoms with Crippen LogP contribution in [0.4, 0.5) is 27.6 Å².